The van der Waals surface area contributed by atoms with E-state index in [9.17, 15) is 24.0 Å². The monoisotopic (exact) mass is 592 g/mol. The fraction of sp³-hybridized carbons (Fsp3) is 0.800. The molecule has 41 heavy (non-hydrogen) atoms. The van der Waals surface area contributed by atoms with Crippen LogP contribution in [-0.2, 0) is 76.1 Å². The van der Waals surface area contributed by atoms with Gasteiger partial charge in [-0.1, -0.05) is 0 Å². The standard InChI is InChI=1S/C25H36O16/c1-10-17(34-12(3)27)19(22-24(33-10)41-25(7,31-8)40-22)39-23-21(37-15(6)30)20(36-14(5)29)18(35-13(4)28)16(38-23)9-32-11(2)26/h10,16-24H,9H2,1-8H3/t10?,16?,17-,18+,19?,20?,21?,22?,23+,24+,25?/m0/s1. The highest BCUT2D eigenvalue weighted by Crippen LogP contribution is 2.41. The second kappa shape index (κ2) is 13.4. The summed E-state index contributed by atoms with van der Waals surface area (Å²) in [4.78, 5) is 59.9. The highest BCUT2D eigenvalue weighted by atomic mass is 16.9. The summed E-state index contributed by atoms with van der Waals surface area (Å²) in [5, 5.41) is 0. The van der Waals surface area contributed by atoms with Crippen LogP contribution in [0.4, 0.5) is 0 Å². The van der Waals surface area contributed by atoms with Gasteiger partial charge in [-0.2, -0.15) is 0 Å². The number of carbonyl (C=O) groups is 5. The minimum Gasteiger partial charge on any atom is -0.463 e. The third kappa shape index (κ3) is 8.11. The van der Waals surface area contributed by atoms with Gasteiger partial charge in [0.05, 0.1) is 6.10 Å². The maximum atomic E-state index is 12.2. The van der Waals surface area contributed by atoms with Crippen molar-refractivity contribution in [3.63, 3.8) is 0 Å². The fourth-order valence-corrected chi connectivity index (χ4v) is 4.74. The Bertz CT molecular complexity index is 1000. The predicted molar refractivity (Wildman–Crippen MR) is 128 cm³/mol. The van der Waals surface area contributed by atoms with Crippen LogP contribution in [0.2, 0.25) is 0 Å². The normalized spacial score (nSPS) is 38.2. The van der Waals surface area contributed by atoms with Crippen molar-refractivity contribution in [2.45, 2.75) is 116 Å². The Morgan fingerprint density at radius 3 is 1.76 bits per heavy atom. The van der Waals surface area contributed by atoms with Gasteiger partial charge in [-0.15, -0.1) is 0 Å². The third-order valence-corrected chi connectivity index (χ3v) is 6.32. The molecule has 0 aromatic heterocycles. The van der Waals surface area contributed by atoms with Crippen LogP contribution in [0.15, 0.2) is 0 Å². The van der Waals surface area contributed by atoms with E-state index in [1.165, 1.54) is 21.0 Å². The van der Waals surface area contributed by atoms with Gasteiger partial charge in [0.1, 0.15) is 24.9 Å². The summed E-state index contributed by atoms with van der Waals surface area (Å²) in [6.45, 7) is 8.29. The zero-order valence-electron chi connectivity index (χ0n) is 24.0. The molecule has 0 aromatic rings. The summed E-state index contributed by atoms with van der Waals surface area (Å²) >= 11 is 0. The van der Waals surface area contributed by atoms with E-state index in [-0.39, 0.29) is 0 Å². The van der Waals surface area contributed by atoms with Gasteiger partial charge in [-0.25, -0.2) is 0 Å². The molecule has 3 aliphatic heterocycles. The van der Waals surface area contributed by atoms with Crippen molar-refractivity contribution in [1.82, 2.24) is 0 Å². The largest absolute Gasteiger partial charge is 0.463 e. The Kier molecular flexibility index (Phi) is 10.7. The van der Waals surface area contributed by atoms with Gasteiger partial charge < -0.3 is 47.4 Å². The Labute approximate surface area is 236 Å². The van der Waals surface area contributed by atoms with Crippen molar-refractivity contribution < 1.29 is 76.1 Å². The lowest BCUT2D eigenvalue weighted by Gasteiger charge is -2.47. The van der Waals surface area contributed by atoms with Gasteiger partial charge in [0.15, 0.2) is 37.0 Å². The number of carbonyl (C=O) groups excluding carboxylic acids is 5. The van der Waals surface area contributed by atoms with E-state index in [1.807, 2.05) is 0 Å². The summed E-state index contributed by atoms with van der Waals surface area (Å²) in [5.41, 5.74) is 0. The maximum absolute atomic E-state index is 12.2. The molecule has 0 amide bonds. The molecule has 11 atom stereocenters. The molecule has 7 unspecified atom stereocenters. The molecule has 3 aliphatic rings. The molecular formula is C25H36O16. The number of esters is 5. The Balaban J connectivity index is 2.05. The zero-order chi connectivity index (χ0) is 30.6. The van der Waals surface area contributed by atoms with E-state index in [2.05, 4.69) is 0 Å². The summed E-state index contributed by atoms with van der Waals surface area (Å²) in [5.74, 6) is -5.29. The number of hydrogen-bond donors (Lipinski definition) is 0. The average Bonchev–Trinajstić information content (AvgIpc) is 3.19. The molecule has 0 aliphatic carbocycles. The molecule has 0 radical (unpaired) electrons. The van der Waals surface area contributed by atoms with E-state index in [4.69, 9.17) is 52.1 Å². The molecule has 16 nitrogen and oxygen atoms in total. The summed E-state index contributed by atoms with van der Waals surface area (Å²) < 4.78 is 62.0. The van der Waals surface area contributed by atoms with Crippen molar-refractivity contribution in [2.24, 2.45) is 0 Å². The lowest BCUT2D eigenvalue weighted by atomic mass is 9.96. The second-order valence-electron chi connectivity index (χ2n) is 9.72. The summed E-state index contributed by atoms with van der Waals surface area (Å²) in [6, 6.07) is 0. The second-order valence-corrected chi connectivity index (χ2v) is 9.72. The first-order valence-electron chi connectivity index (χ1n) is 12.8. The van der Waals surface area contributed by atoms with Gasteiger partial charge in [-0.3, -0.25) is 28.7 Å². The van der Waals surface area contributed by atoms with Gasteiger partial charge in [0.25, 0.3) is 5.97 Å². The zero-order valence-corrected chi connectivity index (χ0v) is 24.0. The molecule has 3 fully saturated rings. The molecule has 0 aromatic carbocycles. The van der Waals surface area contributed by atoms with E-state index >= 15 is 0 Å². The highest BCUT2D eigenvalue weighted by molar-refractivity contribution is 5.69. The molecule has 16 heteroatoms. The van der Waals surface area contributed by atoms with Crippen molar-refractivity contribution in [3.05, 3.63) is 0 Å². The van der Waals surface area contributed by atoms with Crippen molar-refractivity contribution in [3.8, 4) is 0 Å². The van der Waals surface area contributed by atoms with Crippen molar-refractivity contribution in [1.29, 1.82) is 0 Å². The molecule has 0 spiro atoms. The Morgan fingerprint density at radius 1 is 0.683 bits per heavy atom. The van der Waals surface area contributed by atoms with E-state index < -0.39 is 104 Å². The first-order chi connectivity index (χ1) is 19.1. The SMILES string of the molecule is COC1(C)OC2C(O[C@H]3OC(COC(C)=O)[C@@H](OC(C)=O)C(OC(C)=O)C3OC(C)=O)[C@@H](OC(C)=O)C(C)O[C@@H]2O1. The molecule has 0 saturated carbocycles. The van der Waals surface area contributed by atoms with E-state index in [0.29, 0.717) is 0 Å². The Hall–Kier alpha value is -2.89. The molecule has 0 bridgehead atoms. The quantitative estimate of drug-likeness (QED) is 0.254. The van der Waals surface area contributed by atoms with Gasteiger partial charge in [-0.05, 0) is 6.92 Å². The number of rotatable bonds is 9. The van der Waals surface area contributed by atoms with Crippen LogP contribution in [0.5, 0.6) is 0 Å². The summed E-state index contributed by atoms with van der Waals surface area (Å²) in [6.07, 6.45) is -12.4. The first kappa shape index (κ1) is 32.6. The minimum absolute atomic E-state index is 0.456. The van der Waals surface area contributed by atoms with Gasteiger partial charge in [0.2, 0.25) is 0 Å². The van der Waals surface area contributed by atoms with Gasteiger partial charge >= 0.3 is 29.8 Å². The average molecular weight is 593 g/mol. The lowest BCUT2D eigenvalue weighted by molar-refractivity contribution is -0.345. The third-order valence-electron chi connectivity index (χ3n) is 6.32. The number of methoxy groups -OCH3 is 1. The highest BCUT2D eigenvalue weighted by Gasteiger charge is 2.60. The molecule has 3 rings (SSSR count). The lowest BCUT2D eigenvalue weighted by Crippen LogP contribution is -2.66. The molecule has 3 heterocycles. The number of hydrogen-bond acceptors (Lipinski definition) is 16. The maximum Gasteiger partial charge on any atom is 0.303 e. The molecule has 0 N–H and O–H groups in total. The predicted octanol–water partition coefficient (Wildman–Crippen LogP) is -0.133. The minimum atomic E-state index is -1.57. The topological polar surface area (TPSA) is 187 Å². The van der Waals surface area contributed by atoms with Crippen LogP contribution < -0.4 is 0 Å². The number of ether oxygens (including phenoxy) is 11. The molecule has 3 saturated heterocycles. The van der Waals surface area contributed by atoms with Crippen LogP contribution in [0.25, 0.3) is 0 Å². The van der Waals surface area contributed by atoms with E-state index in [0.717, 1.165) is 27.7 Å². The molecular weight excluding hydrogens is 556 g/mol. The summed E-state index contributed by atoms with van der Waals surface area (Å²) in [7, 11) is 1.35. The van der Waals surface area contributed by atoms with Crippen LogP contribution in [0, 0.1) is 0 Å². The van der Waals surface area contributed by atoms with Crippen molar-refractivity contribution >= 4 is 29.8 Å². The number of fused-ring (bicyclic) bond motifs is 1. The van der Waals surface area contributed by atoms with Crippen LogP contribution >= 0.6 is 0 Å². The van der Waals surface area contributed by atoms with Crippen LogP contribution in [0.3, 0.4) is 0 Å². The Morgan fingerprint density at radius 2 is 1.22 bits per heavy atom. The van der Waals surface area contributed by atoms with Crippen LogP contribution in [-0.4, -0.2) is 111 Å². The van der Waals surface area contributed by atoms with Crippen molar-refractivity contribution in [2.75, 3.05) is 13.7 Å². The molecule has 232 valence electrons. The van der Waals surface area contributed by atoms with E-state index in [1.54, 1.807) is 6.92 Å². The smallest absolute Gasteiger partial charge is 0.303 e. The fourth-order valence-electron chi connectivity index (χ4n) is 4.74. The van der Waals surface area contributed by atoms with Crippen LogP contribution in [0.1, 0.15) is 48.5 Å². The van der Waals surface area contributed by atoms with Gasteiger partial charge in [0, 0.05) is 48.7 Å². The first-order valence-corrected chi connectivity index (χ1v) is 12.8.